The maximum atomic E-state index is 11.8. The fraction of sp³-hybridized carbons (Fsp3) is 0.917. The van der Waals surface area contributed by atoms with Gasteiger partial charge in [-0.2, -0.15) is 0 Å². The van der Waals surface area contributed by atoms with Crippen molar-refractivity contribution in [3.63, 3.8) is 0 Å². The lowest BCUT2D eigenvalue weighted by Gasteiger charge is -2.37. The lowest BCUT2D eigenvalue weighted by atomic mass is 9.80. The maximum Gasteiger partial charge on any atom is 0.410 e. The Balaban J connectivity index is 2.48. The summed E-state index contributed by atoms with van der Waals surface area (Å²) in [6.45, 7) is 8.40. The first-order valence-corrected chi connectivity index (χ1v) is 6.21. The molecule has 0 aromatic carbocycles. The van der Waals surface area contributed by atoms with Gasteiger partial charge in [0.15, 0.2) is 0 Å². The van der Waals surface area contributed by atoms with E-state index in [-0.39, 0.29) is 23.0 Å². The van der Waals surface area contributed by atoms with Gasteiger partial charge < -0.3 is 9.64 Å². The first kappa shape index (κ1) is 14.7. The summed E-state index contributed by atoms with van der Waals surface area (Å²) in [6.07, 6.45) is 0.964. The summed E-state index contributed by atoms with van der Waals surface area (Å²) in [5.74, 6) is 0. The van der Waals surface area contributed by atoms with Crippen molar-refractivity contribution in [2.24, 2.45) is 5.41 Å². The lowest BCUT2D eigenvalue weighted by Crippen LogP contribution is -2.46. The monoisotopic (exact) mass is 258 g/mol. The summed E-state index contributed by atoms with van der Waals surface area (Å²) in [6, 6.07) is 0. The average molecular weight is 258 g/mol. The first-order chi connectivity index (χ1) is 8.11. The van der Waals surface area contributed by atoms with Crippen LogP contribution in [0.4, 0.5) is 4.79 Å². The van der Waals surface area contributed by atoms with Crippen LogP contribution >= 0.6 is 0 Å². The number of carbonyl (C=O) groups excluding carboxylic acids is 1. The first-order valence-electron chi connectivity index (χ1n) is 6.21. The molecule has 1 heterocycles. The van der Waals surface area contributed by atoms with E-state index >= 15 is 0 Å². The second-order valence-corrected chi connectivity index (χ2v) is 6.27. The molecule has 0 N–H and O–H groups in total. The van der Waals surface area contributed by atoms with Crippen molar-refractivity contribution in [3.8, 4) is 0 Å². The van der Waals surface area contributed by atoms with Gasteiger partial charge in [-0.1, -0.05) is 6.92 Å². The van der Waals surface area contributed by atoms with E-state index in [1.165, 1.54) is 0 Å². The fourth-order valence-corrected chi connectivity index (χ4v) is 2.03. The predicted octanol–water partition coefficient (Wildman–Crippen LogP) is 2.30. The topological polar surface area (TPSA) is 72.7 Å². The van der Waals surface area contributed by atoms with Crippen LogP contribution in [0, 0.1) is 15.5 Å². The Kier molecular flexibility index (Phi) is 4.19. The molecule has 1 fully saturated rings. The largest absolute Gasteiger partial charge is 0.444 e. The number of amides is 1. The molecule has 1 rings (SSSR count). The minimum absolute atomic E-state index is 0.0326. The molecule has 1 amide bonds. The van der Waals surface area contributed by atoms with E-state index in [2.05, 4.69) is 0 Å². The van der Waals surface area contributed by atoms with Crippen molar-refractivity contribution in [2.45, 2.75) is 46.1 Å². The lowest BCUT2D eigenvalue weighted by molar-refractivity contribution is -0.497. The van der Waals surface area contributed by atoms with Crippen LogP contribution in [0.5, 0.6) is 0 Å². The highest BCUT2D eigenvalue weighted by molar-refractivity contribution is 5.68. The van der Waals surface area contributed by atoms with Crippen LogP contribution in [0.3, 0.4) is 0 Å². The van der Waals surface area contributed by atoms with E-state index in [1.807, 2.05) is 27.7 Å². The quantitative estimate of drug-likeness (QED) is 0.562. The second-order valence-electron chi connectivity index (χ2n) is 6.27. The molecular weight excluding hydrogens is 236 g/mol. The molecule has 0 aromatic heterocycles. The molecule has 1 aliphatic rings. The van der Waals surface area contributed by atoms with Crippen LogP contribution < -0.4 is 0 Å². The molecule has 0 radical (unpaired) electrons. The number of rotatable bonds is 2. The molecule has 0 aliphatic carbocycles. The molecule has 0 saturated carbocycles. The van der Waals surface area contributed by atoms with Crippen LogP contribution in [-0.4, -0.2) is 41.2 Å². The standard InChI is InChI=1S/C12H22N2O4/c1-11(2,3)18-10(15)13-7-5-12(4,6-8-13)9-14(16)17/h5-9H2,1-4H3. The summed E-state index contributed by atoms with van der Waals surface area (Å²) in [7, 11) is 0. The molecule has 1 saturated heterocycles. The molecule has 0 unspecified atom stereocenters. The van der Waals surface area contributed by atoms with Gasteiger partial charge in [0.2, 0.25) is 6.54 Å². The van der Waals surface area contributed by atoms with Crippen LogP contribution in [-0.2, 0) is 4.74 Å². The third kappa shape index (κ3) is 4.50. The van der Waals surface area contributed by atoms with E-state index in [0.717, 1.165) is 0 Å². The average Bonchev–Trinajstić information content (AvgIpc) is 2.13. The van der Waals surface area contributed by atoms with Gasteiger partial charge in [-0.25, -0.2) is 4.79 Å². The number of hydrogen-bond donors (Lipinski definition) is 0. The molecule has 6 heteroatoms. The Hall–Kier alpha value is -1.33. The number of nitrogens with zero attached hydrogens (tertiary/aromatic N) is 2. The number of piperidine rings is 1. The number of hydrogen-bond acceptors (Lipinski definition) is 4. The zero-order valence-electron chi connectivity index (χ0n) is 11.6. The van der Waals surface area contributed by atoms with Gasteiger partial charge in [0.05, 0.1) is 0 Å². The highest BCUT2D eigenvalue weighted by Gasteiger charge is 2.37. The van der Waals surface area contributed by atoms with Gasteiger partial charge in [0.1, 0.15) is 5.60 Å². The van der Waals surface area contributed by atoms with E-state index in [4.69, 9.17) is 4.74 Å². The smallest absolute Gasteiger partial charge is 0.410 e. The maximum absolute atomic E-state index is 11.8. The Morgan fingerprint density at radius 3 is 2.28 bits per heavy atom. The minimum Gasteiger partial charge on any atom is -0.444 e. The summed E-state index contributed by atoms with van der Waals surface area (Å²) < 4.78 is 5.28. The molecule has 1 aliphatic heterocycles. The minimum atomic E-state index is -0.501. The van der Waals surface area contributed by atoms with Crippen LogP contribution in [0.1, 0.15) is 40.5 Å². The zero-order chi connectivity index (χ0) is 14.0. The third-order valence-corrected chi connectivity index (χ3v) is 3.13. The van der Waals surface area contributed by atoms with Crippen molar-refractivity contribution in [1.29, 1.82) is 0 Å². The molecule has 0 bridgehead atoms. The molecule has 104 valence electrons. The predicted molar refractivity (Wildman–Crippen MR) is 67.0 cm³/mol. The van der Waals surface area contributed by atoms with E-state index in [9.17, 15) is 14.9 Å². The molecule has 0 aromatic rings. The molecule has 0 atom stereocenters. The van der Waals surface area contributed by atoms with E-state index in [1.54, 1.807) is 4.90 Å². The highest BCUT2D eigenvalue weighted by Crippen LogP contribution is 2.31. The van der Waals surface area contributed by atoms with Gasteiger partial charge in [0.25, 0.3) is 0 Å². The second kappa shape index (κ2) is 5.12. The third-order valence-electron chi connectivity index (χ3n) is 3.13. The number of likely N-dealkylation sites (tertiary alicyclic amines) is 1. The van der Waals surface area contributed by atoms with Crippen molar-refractivity contribution < 1.29 is 14.5 Å². The summed E-state index contributed by atoms with van der Waals surface area (Å²) in [5, 5.41) is 10.6. The Morgan fingerprint density at radius 2 is 1.89 bits per heavy atom. The van der Waals surface area contributed by atoms with Gasteiger partial charge in [-0.15, -0.1) is 0 Å². The zero-order valence-corrected chi connectivity index (χ0v) is 11.6. The van der Waals surface area contributed by atoms with Gasteiger partial charge in [0, 0.05) is 23.4 Å². The summed E-state index contributed by atoms with van der Waals surface area (Å²) in [4.78, 5) is 23.8. The Bertz CT molecular complexity index is 327. The highest BCUT2D eigenvalue weighted by atomic mass is 16.6. The van der Waals surface area contributed by atoms with Crippen molar-refractivity contribution in [2.75, 3.05) is 19.6 Å². The number of nitro groups is 1. The summed E-state index contributed by atoms with van der Waals surface area (Å²) >= 11 is 0. The Labute approximate surface area is 107 Å². The van der Waals surface area contributed by atoms with Crippen molar-refractivity contribution in [3.05, 3.63) is 10.1 Å². The van der Waals surface area contributed by atoms with Gasteiger partial charge in [-0.05, 0) is 33.6 Å². The van der Waals surface area contributed by atoms with E-state index in [0.29, 0.717) is 25.9 Å². The normalized spacial score (nSPS) is 19.4. The molecular formula is C12H22N2O4. The van der Waals surface area contributed by atoms with Crippen LogP contribution in [0.2, 0.25) is 0 Å². The van der Waals surface area contributed by atoms with Crippen molar-refractivity contribution >= 4 is 6.09 Å². The van der Waals surface area contributed by atoms with Crippen LogP contribution in [0.15, 0.2) is 0 Å². The Morgan fingerprint density at radius 1 is 1.39 bits per heavy atom. The van der Waals surface area contributed by atoms with Gasteiger partial charge >= 0.3 is 6.09 Å². The van der Waals surface area contributed by atoms with Crippen LogP contribution in [0.25, 0.3) is 0 Å². The number of carbonyl (C=O) groups is 1. The number of ether oxygens (including phenoxy) is 1. The van der Waals surface area contributed by atoms with Crippen molar-refractivity contribution in [1.82, 2.24) is 4.90 Å². The SMILES string of the molecule is CC1(C[N+](=O)[O-])CCN(C(=O)OC(C)(C)C)CC1. The molecule has 6 nitrogen and oxygen atoms in total. The molecule has 18 heavy (non-hydrogen) atoms. The molecule has 0 spiro atoms. The van der Waals surface area contributed by atoms with Gasteiger partial charge in [-0.3, -0.25) is 10.1 Å². The van der Waals surface area contributed by atoms with E-state index < -0.39 is 5.60 Å². The summed E-state index contributed by atoms with van der Waals surface area (Å²) in [5.41, 5.74) is -0.805. The fourth-order valence-electron chi connectivity index (χ4n) is 2.03.